The van der Waals surface area contributed by atoms with Crippen LogP contribution in [0.25, 0.3) is 0 Å². The molecule has 0 aromatic heterocycles. The monoisotopic (exact) mass is 396 g/mol. The van der Waals surface area contributed by atoms with Gasteiger partial charge in [-0.25, -0.2) is 0 Å². The lowest BCUT2D eigenvalue weighted by molar-refractivity contribution is -0.133. The molecular formula is C23H32N4O2. The molecule has 6 nitrogen and oxygen atoms in total. The zero-order valence-corrected chi connectivity index (χ0v) is 18.0. The average molecular weight is 397 g/mol. The van der Waals surface area contributed by atoms with Gasteiger partial charge in [0, 0.05) is 18.5 Å². The fourth-order valence-electron chi connectivity index (χ4n) is 4.99. The Morgan fingerprint density at radius 2 is 1.83 bits per heavy atom. The van der Waals surface area contributed by atoms with Gasteiger partial charge >= 0.3 is 0 Å². The predicted molar refractivity (Wildman–Crippen MR) is 112 cm³/mol. The lowest BCUT2D eigenvalue weighted by Gasteiger charge is -2.48. The van der Waals surface area contributed by atoms with E-state index in [1.165, 1.54) is 5.56 Å². The maximum Gasteiger partial charge on any atom is 0.240 e. The number of benzene rings is 1. The van der Waals surface area contributed by atoms with E-state index >= 15 is 0 Å². The SMILES string of the molecule is CN(C)C1(c2ccccc2)CCC2(CC1)CC(=O)N(CC(=O)NC(C)(C)C#N)C2. The zero-order chi connectivity index (χ0) is 21.3. The van der Waals surface area contributed by atoms with Gasteiger partial charge in [-0.1, -0.05) is 30.3 Å². The van der Waals surface area contributed by atoms with Gasteiger partial charge in [0.05, 0.1) is 12.6 Å². The van der Waals surface area contributed by atoms with Crippen LogP contribution < -0.4 is 5.32 Å². The van der Waals surface area contributed by atoms with Gasteiger partial charge in [0.2, 0.25) is 11.8 Å². The third kappa shape index (κ3) is 4.30. The van der Waals surface area contributed by atoms with Crippen LogP contribution in [0.1, 0.15) is 51.5 Å². The van der Waals surface area contributed by atoms with Crippen molar-refractivity contribution in [3.05, 3.63) is 35.9 Å². The first-order valence-electron chi connectivity index (χ1n) is 10.3. The van der Waals surface area contributed by atoms with E-state index in [4.69, 9.17) is 5.26 Å². The molecule has 3 rings (SSSR count). The summed E-state index contributed by atoms with van der Waals surface area (Å²) in [6.45, 7) is 3.97. The third-order valence-electron chi connectivity index (χ3n) is 6.78. The lowest BCUT2D eigenvalue weighted by atomic mass is 9.64. The van der Waals surface area contributed by atoms with Crippen molar-refractivity contribution in [2.75, 3.05) is 27.2 Å². The average Bonchev–Trinajstić information content (AvgIpc) is 2.97. The maximum atomic E-state index is 12.7. The van der Waals surface area contributed by atoms with Crippen molar-refractivity contribution in [3.63, 3.8) is 0 Å². The molecule has 0 bridgehead atoms. The number of likely N-dealkylation sites (tertiary alicyclic amines) is 1. The summed E-state index contributed by atoms with van der Waals surface area (Å²) in [4.78, 5) is 29.0. The third-order valence-corrected chi connectivity index (χ3v) is 6.78. The van der Waals surface area contributed by atoms with Crippen molar-refractivity contribution in [2.24, 2.45) is 5.41 Å². The Labute approximate surface area is 173 Å². The minimum atomic E-state index is -0.927. The predicted octanol–water partition coefficient (Wildman–Crippen LogP) is 2.65. The van der Waals surface area contributed by atoms with Crippen molar-refractivity contribution in [1.29, 1.82) is 5.26 Å². The molecule has 6 heteroatoms. The van der Waals surface area contributed by atoms with E-state index in [1.54, 1.807) is 18.7 Å². The summed E-state index contributed by atoms with van der Waals surface area (Å²) >= 11 is 0. The first-order valence-corrected chi connectivity index (χ1v) is 10.3. The number of carbonyl (C=O) groups is 2. The van der Waals surface area contributed by atoms with E-state index in [0.717, 1.165) is 25.7 Å². The van der Waals surface area contributed by atoms with Crippen molar-refractivity contribution >= 4 is 11.8 Å². The molecule has 2 aliphatic rings. The summed E-state index contributed by atoms with van der Waals surface area (Å²) in [6.07, 6.45) is 4.44. The number of nitrogens with one attached hydrogen (secondary N) is 1. The van der Waals surface area contributed by atoms with Crippen LogP contribution in [0.2, 0.25) is 0 Å². The summed E-state index contributed by atoms with van der Waals surface area (Å²) in [5.74, 6) is -0.225. The van der Waals surface area contributed by atoms with Gasteiger partial charge in [-0.2, -0.15) is 5.26 Å². The minimum absolute atomic E-state index is 0.00281. The first-order chi connectivity index (χ1) is 13.6. The minimum Gasteiger partial charge on any atom is -0.337 e. The van der Waals surface area contributed by atoms with Crippen molar-refractivity contribution in [2.45, 2.75) is 57.0 Å². The van der Waals surface area contributed by atoms with E-state index in [2.05, 4.69) is 54.6 Å². The molecule has 1 aliphatic carbocycles. The second-order valence-corrected chi connectivity index (χ2v) is 9.50. The molecule has 1 N–H and O–H groups in total. The molecule has 0 radical (unpaired) electrons. The van der Waals surface area contributed by atoms with Crippen LogP contribution in [-0.4, -0.2) is 54.3 Å². The number of nitrogens with zero attached hydrogens (tertiary/aromatic N) is 3. The Hall–Kier alpha value is -2.39. The van der Waals surface area contributed by atoms with E-state index in [0.29, 0.717) is 13.0 Å². The summed E-state index contributed by atoms with van der Waals surface area (Å²) in [5, 5.41) is 11.8. The second kappa shape index (κ2) is 7.79. The number of hydrogen-bond acceptors (Lipinski definition) is 4. The molecule has 156 valence electrons. The Bertz CT molecular complexity index is 802. The molecule has 1 aromatic rings. The molecule has 2 fully saturated rings. The Kier molecular flexibility index (Phi) is 5.73. The van der Waals surface area contributed by atoms with E-state index < -0.39 is 5.54 Å². The van der Waals surface area contributed by atoms with Gasteiger partial charge in [0.1, 0.15) is 5.54 Å². The van der Waals surface area contributed by atoms with Crippen molar-refractivity contribution < 1.29 is 9.59 Å². The Balaban J connectivity index is 1.67. The van der Waals surface area contributed by atoms with Crippen molar-refractivity contribution in [3.8, 4) is 6.07 Å². The fraction of sp³-hybridized carbons (Fsp3) is 0.609. The largest absolute Gasteiger partial charge is 0.337 e. The zero-order valence-electron chi connectivity index (χ0n) is 18.0. The van der Waals surface area contributed by atoms with Gasteiger partial charge in [0.25, 0.3) is 0 Å². The van der Waals surface area contributed by atoms with Gasteiger partial charge < -0.3 is 10.2 Å². The molecule has 1 saturated carbocycles. The number of nitriles is 1. The topological polar surface area (TPSA) is 76.4 Å². The summed E-state index contributed by atoms with van der Waals surface area (Å²) in [7, 11) is 4.27. The number of hydrogen-bond donors (Lipinski definition) is 1. The van der Waals surface area contributed by atoms with Crippen LogP contribution in [0, 0.1) is 16.7 Å². The Morgan fingerprint density at radius 3 is 2.38 bits per heavy atom. The maximum absolute atomic E-state index is 12.7. The van der Waals surface area contributed by atoms with E-state index in [-0.39, 0.29) is 29.3 Å². The number of amides is 2. The van der Waals surface area contributed by atoms with Crippen LogP contribution in [0.4, 0.5) is 0 Å². The summed E-state index contributed by atoms with van der Waals surface area (Å²) in [6, 6.07) is 12.7. The molecule has 0 atom stereocenters. The van der Waals surface area contributed by atoms with Crippen LogP contribution in [0.5, 0.6) is 0 Å². The molecule has 1 aromatic carbocycles. The highest BCUT2D eigenvalue weighted by molar-refractivity contribution is 5.87. The summed E-state index contributed by atoms with van der Waals surface area (Å²) in [5.41, 5.74) is 0.357. The van der Waals surface area contributed by atoms with E-state index in [9.17, 15) is 9.59 Å². The molecular weight excluding hydrogens is 364 g/mol. The van der Waals surface area contributed by atoms with Crippen LogP contribution in [0.15, 0.2) is 30.3 Å². The highest BCUT2D eigenvalue weighted by Crippen LogP contribution is 2.52. The van der Waals surface area contributed by atoms with Gasteiger partial charge in [0.15, 0.2) is 0 Å². The standard InChI is InChI=1S/C23H32N4O2/c1-21(2,16-24)25-19(28)15-27-17-22(14-20(27)29)10-12-23(13-11-22,26(3)4)18-8-6-5-7-9-18/h5-9H,10-15,17H2,1-4H3,(H,25,28). The van der Waals surface area contributed by atoms with Gasteiger partial charge in [-0.05, 0) is 64.6 Å². The molecule has 1 spiro atoms. The molecule has 2 amide bonds. The number of carbonyl (C=O) groups excluding carboxylic acids is 2. The summed E-state index contributed by atoms with van der Waals surface area (Å²) < 4.78 is 0. The van der Waals surface area contributed by atoms with Crippen LogP contribution >= 0.6 is 0 Å². The lowest BCUT2D eigenvalue weighted by Crippen LogP contribution is -2.48. The Morgan fingerprint density at radius 1 is 1.21 bits per heavy atom. The first kappa shape index (κ1) is 21.3. The normalized spacial score (nSPS) is 27.3. The van der Waals surface area contributed by atoms with Crippen LogP contribution in [0.3, 0.4) is 0 Å². The van der Waals surface area contributed by atoms with Crippen molar-refractivity contribution in [1.82, 2.24) is 15.1 Å². The van der Waals surface area contributed by atoms with Gasteiger partial charge in [-0.15, -0.1) is 0 Å². The smallest absolute Gasteiger partial charge is 0.240 e. The molecule has 29 heavy (non-hydrogen) atoms. The molecule has 0 unspecified atom stereocenters. The van der Waals surface area contributed by atoms with E-state index in [1.807, 2.05) is 6.07 Å². The fourth-order valence-corrected chi connectivity index (χ4v) is 4.99. The van der Waals surface area contributed by atoms with Gasteiger partial charge in [-0.3, -0.25) is 14.5 Å². The highest BCUT2D eigenvalue weighted by Gasteiger charge is 2.50. The molecule has 1 heterocycles. The van der Waals surface area contributed by atoms with Crippen LogP contribution in [-0.2, 0) is 15.1 Å². The number of rotatable bonds is 5. The quantitative estimate of drug-likeness (QED) is 0.830. The molecule has 1 aliphatic heterocycles. The molecule has 1 saturated heterocycles. The highest BCUT2D eigenvalue weighted by atomic mass is 16.2. The second-order valence-electron chi connectivity index (χ2n) is 9.50.